The van der Waals surface area contributed by atoms with Crippen LogP contribution in [0.25, 0.3) is 0 Å². The molecule has 0 radical (unpaired) electrons. The number of nitrogens with one attached hydrogen (secondary N) is 1. The smallest absolute Gasteiger partial charge is 0.185 e. The van der Waals surface area contributed by atoms with E-state index in [1.54, 1.807) is 25.3 Å². The average molecular weight is 431 g/mol. The number of hydrogen-bond donors (Lipinski definition) is 2. The van der Waals surface area contributed by atoms with Gasteiger partial charge in [0.15, 0.2) is 20.4 Å². The number of sulfone groups is 1. The lowest BCUT2D eigenvalue weighted by Gasteiger charge is -2.47. The molecule has 2 aromatic rings. The van der Waals surface area contributed by atoms with Crippen LogP contribution in [0.15, 0.2) is 41.5 Å². The molecule has 2 aliphatic heterocycles. The number of pyridine rings is 1. The number of benzene rings is 1. The Labute approximate surface area is 174 Å². The third kappa shape index (κ3) is 3.22. The quantitative estimate of drug-likeness (QED) is 0.707. The molecular formula is C21H23FN4O3S. The Balaban J connectivity index is 1.68. The summed E-state index contributed by atoms with van der Waals surface area (Å²) in [7, 11) is -3.65. The van der Waals surface area contributed by atoms with Crippen LogP contribution in [0.2, 0.25) is 0 Å². The highest BCUT2D eigenvalue weighted by Crippen LogP contribution is 2.39. The highest BCUT2D eigenvalue weighted by atomic mass is 32.2. The van der Waals surface area contributed by atoms with E-state index in [9.17, 15) is 17.6 Å². The number of aliphatic imine (C=N–C) groups is 1. The van der Waals surface area contributed by atoms with Crippen LogP contribution in [0.1, 0.15) is 34.1 Å². The summed E-state index contributed by atoms with van der Waals surface area (Å²) in [6.45, 7) is 3.85. The fourth-order valence-corrected chi connectivity index (χ4v) is 6.21. The number of Topliss-reactive ketones (excluding diaryl/α,β-unsaturated/α-hetero) is 1. The van der Waals surface area contributed by atoms with Crippen molar-refractivity contribution in [2.75, 3.05) is 18.8 Å². The van der Waals surface area contributed by atoms with Gasteiger partial charge in [0.2, 0.25) is 0 Å². The van der Waals surface area contributed by atoms with E-state index >= 15 is 0 Å². The lowest BCUT2D eigenvalue weighted by Crippen LogP contribution is -2.73. The number of nitrogens with zero attached hydrogens (tertiary/aromatic N) is 2. The van der Waals surface area contributed by atoms with E-state index in [2.05, 4.69) is 15.3 Å². The van der Waals surface area contributed by atoms with E-state index in [-0.39, 0.29) is 42.4 Å². The summed E-state index contributed by atoms with van der Waals surface area (Å²) in [5, 5.41) is 2.93. The lowest BCUT2D eigenvalue weighted by atomic mass is 9.90. The number of carbonyl (C=O) groups excluding carboxylic acids is 1. The Morgan fingerprint density at radius 1 is 1.27 bits per heavy atom. The molecule has 1 aromatic heterocycles. The van der Waals surface area contributed by atoms with Crippen LogP contribution in [0.3, 0.4) is 0 Å². The fourth-order valence-electron chi connectivity index (χ4n) is 3.96. The number of carbonyl (C=O) groups is 1. The molecule has 1 saturated heterocycles. The van der Waals surface area contributed by atoms with Gasteiger partial charge in [-0.2, -0.15) is 0 Å². The van der Waals surface area contributed by atoms with Crippen LogP contribution in [0, 0.1) is 12.7 Å². The molecule has 4 rings (SSSR count). The normalized spacial score (nSPS) is 24.2. The van der Waals surface area contributed by atoms with Crippen molar-refractivity contribution in [2.24, 2.45) is 10.7 Å². The van der Waals surface area contributed by atoms with Gasteiger partial charge < -0.3 is 11.1 Å². The summed E-state index contributed by atoms with van der Waals surface area (Å²) < 4.78 is 39.5. The molecule has 0 amide bonds. The molecule has 30 heavy (non-hydrogen) atoms. The largest absolute Gasteiger partial charge is 0.386 e. The fraction of sp³-hybridized carbons (Fsp3) is 0.381. The first-order chi connectivity index (χ1) is 14.1. The van der Waals surface area contributed by atoms with Crippen molar-refractivity contribution >= 4 is 21.5 Å². The minimum absolute atomic E-state index is 0.000246. The molecule has 7 nitrogen and oxygen atoms in total. The Hall–Kier alpha value is -2.65. The maximum Gasteiger partial charge on any atom is 0.185 e. The van der Waals surface area contributed by atoms with Crippen molar-refractivity contribution in [3.05, 3.63) is 64.7 Å². The second-order valence-corrected chi connectivity index (χ2v) is 10.6. The third-order valence-electron chi connectivity index (χ3n) is 5.89. The van der Waals surface area contributed by atoms with E-state index in [1.807, 2.05) is 6.92 Å². The van der Waals surface area contributed by atoms with E-state index < -0.39 is 25.9 Å². The second kappa shape index (κ2) is 6.95. The monoisotopic (exact) mass is 430 g/mol. The number of nitrogens with two attached hydrogens (primary N) is 1. The Morgan fingerprint density at radius 3 is 2.57 bits per heavy atom. The lowest BCUT2D eigenvalue weighted by molar-refractivity contribution is 0.0988. The van der Waals surface area contributed by atoms with Crippen LogP contribution in [0.4, 0.5) is 4.39 Å². The Kier molecular flexibility index (Phi) is 4.78. The summed E-state index contributed by atoms with van der Waals surface area (Å²) in [5.74, 6) is -1.15. The number of aryl methyl sites for hydroxylation is 1. The minimum atomic E-state index is -3.65. The molecule has 0 aliphatic carbocycles. The van der Waals surface area contributed by atoms with Gasteiger partial charge in [-0.3, -0.25) is 14.8 Å². The molecular weight excluding hydrogens is 407 g/mol. The van der Waals surface area contributed by atoms with E-state index in [0.29, 0.717) is 11.3 Å². The standard InChI is InChI=1S/C21H23FN4O3S/c1-13-3-6-17(25-9-13)18(27)8-14-4-5-16(22)15(7-14)20(2)12-30(28,29)21(10-24-11-21)19(23)26-20/h3-7,9,24H,8,10-12H2,1-2H3,(H2,23,26)/t20-/m0/s1. The van der Waals surface area contributed by atoms with Crippen molar-refractivity contribution in [2.45, 2.75) is 30.6 Å². The third-order valence-corrected chi connectivity index (χ3v) is 8.52. The van der Waals surface area contributed by atoms with Gasteiger partial charge in [0.05, 0.1) is 5.75 Å². The summed E-state index contributed by atoms with van der Waals surface area (Å²) in [4.78, 5) is 21.1. The zero-order valence-corrected chi connectivity index (χ0v) is 17.6. The van der Waals surface area contributed by atoms with E-state index in [1.165, 1.54) is 18.2 Å². The number of ketones is 1. The van der Waals surface area contributed by atoms with E-state index in [0.717, 1.165) is 5.56 Å². The van der Waals surface area contributed by atoms with Crippen molar-refractivity contribution in [1.29, 1.82) is 0 Å². The molecule has 3 N–H and O–H groups in total. The average Bonchev–Trinajstić information content (AvgIpc) is 2.61. The van der Waals surface area contributed by atoms with Gasteiger partial charge in [0, 0.05) is 31.3 Å². The summed E-state index contributed by atoms with van der Waals surface area (Å²) >= 11 is 0. The minimum Gasteiger partial charge on any atom is -0.386 e. The second-order valence-electron chi connectivity index (χ2n) is 8.26. The predicted molar refractivity (Wildman–Crippen MR) is 112 cm³/mol. The van der Waals surface area contributed by atoms with Crippen LogP contribution in [0.5, 0.6) is 0 Å². The summed E-state index contributed by atoms with van der Waals surface area (Å²) in [6.07, 6.45) is 1.62. The Bertz CT molecular complexity index is 1160. The van der Waals surface area contributed by atoms with Crippen LogP contribution in [-0.4, -0.2) is 48.6 Å². The topological polar surface area (TPSA) is 115 Å². The van der Waals surface area contributed by atoms with Gasteiger partial charge >= 0.3 is 0 Å². The molecule has 1 aromatic carbocycles. The van der Waals surface area contributed by atoms with Crippen LogP contribution in [-0.2, 0) is 21.8 Å². The van der Waals surface area contributed by atoms with Crippen LogP contribution < -0.4 is 11.1 Å². The molecule has 1 fully saturated rings. The van der Waals surface area contributed by atoms with Gasteiger partial charge in [-0.25, -0.2) is 12.8 Å². The zero-order chi connectivity index (χ0) is 21.7. The van der Waals surface area contributed by atoms with E-state index in [4.69, 9.17) is 5.73 Å². The SMILES string of the molecule is Cc1ccc(C(=O)Cc2ccc(F)c([C@]3(C)CS(=O)(=O)C4(CNC4)C(N)=N3)c2)nc1. The van der Waals surface area contributed by atoms with Crippen molar-refractivity contribution in [3.8, 4) is 0 Å². The summed E-state index contributed by atoms with van der Waals surface area (Å²) in [6, 6.07) is 7.70. The molecule has 0 saturated carbocycles. The van der Waals surface area contributed by atoms with Crippen molar-refractivity contribution < 1.29 is 17.6 Å². The van der Waals surface area contributed by atoms with Crippen molar-refractivity contribution in [1.82, 2.24) is 10.3 Å². The first-order valence-electron chi connectivity index (χ1n) is 9.60. The number of rotatable bonds is 4. The maximum absolute atomic E-state index is 14.8. The van der Waals surface area contributed by atoms with Gasteiger partial charge in [-0.1, -0.05) is 12.1 Å². The molecule has 158 valence electrons. The molecule has 2 aliphatic rings. The van der Waals surface area contributed by atoms with Gasteiger partial charge in [-0.15, -0.1) is 0 Å². The maximum atomic E-state index is 14.8. The highest BCUT2D eigenvalue weighted by Gasteiger charge is 2.58. The molecule has 0 unspecified atom stereocenters. The molecule has 3 heterocycles. The zero-order valence-electron chi connectivity index (χ0n) is 16.8. The molecule has 0 bridgehead atoms. The molecule has 1 spiro atoms. The molecule has 1 atom stereocenters. The Morgan fingerprint density at radius 2 is 2.00 bits per heavy atom. The number of amidine groups is 1. The van der Waals surface area contributed by atoms with Crippen LogP contribution >= 0.6 is 0 Å². The highest BCUT2D eigenvalue weighted by molar-refractivity contribution is 7.93. The first-order valence-corrected chi connectivity index (χ1v) is 11.3. The first kappa shape index (κ1) is 20.6. The predicted octanol–water partition coefficient (Wildman–Crippen LogP) is 1.30. The molecule has 9 heteroatoms. The number of hydrogen-bond acceptors (Lipinski definition) is 7. The number of halogens is 1. The number of aromatic nitrogens is 1. The van der Waals surface area contributed by atoms with Gasteiger partial charge in [-0.05, 0) is 43.2 Å². The van der Waals surface area contributed by atoms with Gasteiger partial charge in [0.1, 0.15) is 22.9 Å². The van der Waals surface area contributed by atoms with Crippen molar-refractivity contribution in [3.63, 3.8) is 0 Å². The van der Waals surface area contributed by atoms with Gasteiger partial charge in [0.25, 0.3) is 0 Å². The summed E-state index contributed by atoms with van der Waals surface area (Å²) in [5.41, 5.74) is 6.62.